The van der Waals surface area contributed by atoms with Crippen molar-refractivity contribution in [2.45, 2.75) is 25.9 Å². The summed E-state index contributed by atoms with van der Waals surface area (Å²) in [6, 6.07) is 38.0. The lowest BCUT2D eigenvalue weighted by Crippen LogP contribution is -2.42. The fraction of sp³-hybridized carbons (Fsp3) is 0.0833. The molecule has 2 aliphatic rings. The van der Waals surface area contributed by atoms with Crippen LogP contribution in [0, 0.1) is 0 Å². The number of carbonyl (C=O) groups excluding carboxylic acids is 4. The van der Waals surface area contributed by atoms with E-state index in [1.54, 1.807) is 22.7 Å². The minimum absolute atomic E-state index is 0.335. The van der Waals surface area contributed by atoms with Crippen molar-refractivity contribution < 1.29 is 19.2 Å². The number of carbonyl (C=O) groups is 4. The summed E-state index contributed by atoms with van der Waals surface area (Å²) in [7, 11) is 0. The van der Waals surface area contributed by atoms with E-state index in [1.807, 2.05) is 134 Å². The molecule has 0 aliphatic carbocycles. The first-order valence-electron chi connectivity index (χ1n) is 18.5. The number of imide groups is 2. The number of rotatable bonds is 6. The molecule has 0 N–H and O–H groups in total. The molecule has 0 saturated heterocycles. The van der Waals surface area contributed by atoms with Crippen molar-refractivity contribution in [2.24, 2.45) is 0 Å². The zero-order valence-electron chi connectivity index (χ0n) is 30.2. The van der Waals surface area contributed by atoms with Crippen LogP contribution in [0.4, 0.5) is 0 Å². The molecular weight excluding hydrogens is 733 g/mol. The van der Waals surface area contributed by atoms with Gasteiger partial charge >= 0.3 is 0 Å². The molecule has 0 saturated carbocycles. The van der Waals surface area contributed by atoms with E-state index in [4.69, 9.17) is 0 Å². The number of fused-ring (bicyclic) bond motifs is 2. The highest BCUT2D eigenvalue weighted by atomic mass is 32.1. The Labute approximate surface area is 329 Å². The fourth-order valence-corrected chi connectivity index (χ4v) is 10.7. The Hall–Kier alpha value is -6.48. The minimum atomic E-state index is -0.488. The SMILES string of the molecule is C[C@@H](c1ccccc1)N1C(=O)c2ccc3c4c(-c5cccs5)cc5c6c(ccc(c7c(-c8cccs8)cc(c2c37)C1=O)c64)C(=O)N([C@@H](C)c1ccccc1)C5=O. The Morgan fingerprint density at radius 2 is 0.786 bits per heavy atom. The molecule has 0 spiro atoms. The largest absolute Gasteiger partial charge is 0.269 e. The highest BCUT2D eigenvalue weighted by molar-refractivity contribution is 7.14. The van der Waals surface area contributed by atoms with Gasteiger partial charge in [-0.25, -0.2) is 0 Å². The molecule has 4 heterocycles. The standard InChI is InChI=1S/C48H30N2O4S2/c1-25(27-11-5-3-6-12-27)49-45(51)31-19-17-29-40-34(38-16-10-22-56-38)24-36-42-32(46(52)50(48(36)54)26(2)28-13-7-4-8-14-28)20-18-30(44(40)42)39-33(37-15-9-21-55-37)23-35(47(49)53)41(31)43(29)39/h3-26H,1-2H3/t25-,26-/m0/s1. The molecule has 9 aromatic rings. The summed E-state index contributed by atoms with van der Waals surface area (Å²) in [5, 5.41) is 10.5. The van der Waals surface area contributed by atoms with Gasteiger partial charge in [0.1, 0.15) is 0 Å². The van der Waals surface area contributed by atoms with Gasteiger partial charge in [0.05, 0.1) is 12.1 Å². The second-order valence-electron chi connectivity index (χ2n) is 14.6. The molecule has 7 aromatic carbocycles. The van der Waals surface area contributed by atoms with Crippen LogP contribution in [0.25, 0.3) is 64.0 Å². The van der Waals surface area contributed by atoms with Crippen LogP contribution in [-0.2, 0) is 0 Å². The smallest absolute Gasteiger partial charge is 0.261 e. The maximum absolute atomic E-state index is 14.8. The third-order valence-corrected chi connectivity index (χ3v) is 13.6. The minimum Gasteiger partial charge on any atom is -0.269 e. The summed E-state index contributed by atoms with van der Waals surface area (Å²) < 4.78 is 0. The molecular formula is C48H30N2O4S2. The van der Waals surface area contributed by atoms with Crippen molar-refractivity contribution in [1.82, 2.24) is 9.80 Å². The van der Waals surface area contributed by atoms with Gasteiger partial charge in [0, 0.05) is 53.9 Å². The van der Waals surface area contributed by atoms with Crippen LogP contribution < -0.4 is 0 Å². The second-order valence-corrected chi connectivity index (χ2v) is 16.5. The van der Waals surface area contributed by atoms with E-state index in [1.165, 1.54) is 9.80 Å². The maximum atomic E-state index is 14.8. The molecule has 2 aromatic heterocycles. The van der Waals surface area contributed by atoms with Crippen molar-refractivity contribution in [3.8, 4) is 20.9 Å². The zero-order valence-corrected chi connectivity index (χ0v) is 31.8. The number of thiophene rings is 2. The Kier molecular flexibility index (Phi) is 7.06. The molecule has 56 heavy (non-hydrogen) atoms. The van der Waals surface area contributed by atoms with E-state index >= 15 is 0 Å². The van der Waals surface area contributed by atoms with Gasteiger partial charge in [0.25, 0.3) is 23.6 Å². The Bertz CT molecular complexity index is 2920. The van der Waals surface area contributed by atoms with Gasteiger partial charge in [0.2, 0.25) is 0 Å². The Balaban J connectivity index is 1.27. The number of nitrogens with zero attached hydrogens (tertiary/aromatic N) is 2. The molecule has 6 nitrogen and oxygen atoms in total. The van der Waals surface area contributed by atoms with E-state index < -0.39 is 12.1 Å². The summed E-state index contributed by atoms with van der Waals surface area (Å²) in [5.41, 5.74) is 5.39. The number of benzene rings is 7. The zero-order chi connectivity index (χ0) is 38.0. The van der Waals surface area contributed by atoms with Crippen LogP contribution in [0.15, 0.2) is 132 Å². The normalized spacial score (nSPS) is 15.2. The van der Waals surface area contributed by atoms with Gasteiger partial charge in [-0.05, 0) is 104 Å². The predicted molar refractivity (Wildman–Crippen MR) is 225 cm³/mol. The van der Waals surface area contributed by atoms with Crippen molar-refractivity contribution in [3.05, 3.63) is 165 Å². The molecule has 0 radical (unpaired) electrons. The number of hydrogen-bond acceptors (Lipinski definition) is 6. The molecule has 11 rings (SSSR count). The first-order valence-corrected chi connectivity index (χ1v) is 20.3. The van der Waals surface area contributed by atoms with Crippen LogP contribution in [0.1, 0.15) is 78.5 Å². The van der Waals surface area contributed by atoms with Crippen LogP contribution in [0.5, 0.6) is 0 Å². The van der Waals surface area contributed by atoms with E-state index in [0.29, 0.717) is 33.0 Å². The first-order chi connectivity index (χ1) is 27.3. The van der Waals surface area contributed by atoms with E-state index in [0.717, 1.165) is 64.3 Å². The summed E-state index contributed by atoms with van der Waals surface area (Å²) in [6.45, 7) is 3.79. The van der Waals surface area contributed by atoms with Crippen molar-refractivity contribution in [1.29, 1.82) is 0 Å². The van der Waals surface area contributed by atoms with Crippen molar-refractivity contribution in [3.63, 3.8) is 0 Å². The Morgan fingerprint density at radius 3 is 1.16 bits per heavy atom. The molecule has 2 aliphatic heterocycles. The average Bonchev–Trinajstić information content (AvgIpc) is 3.98. The molecule has 0 bridgehead atoms. The van der Waals surface area contributed by atoms with E-state index in [2.05, 4.69) is 12.1 Å². The summed E-state index contributed by atoms with van der Waals surface area (Å²) in [5.74, 6) is -1.34. The molecule has 268 valence electrons. The average molecular weight is 763 g/mol. The molecule has 8 heteroatoms. The lowest BCUT2D eigenvalue weighted by molar-refractivity contribution is 0.0534. The quantitative estimate of drug-likeness (QED) is 0.0960. The molecule has 0 unspecified atom stereocenters. The first kappa shape index (κ1) is 32.9. The van der Waals surface area contributed by atoms with Gasteiger partial charge in [-0.15, -0.1) is 22.7 Å². The molecule has 2 atom stereocenters. The predicted octanol–water partition coefficient (Wildman–Crippen LogP) is 11.9. The molecule has 0 fully saturated rings. The highest BCUT2D eigenvalue weighted by Crippen LogP contribution is 2.53. The van der Waals surface area contributed by atoms with Gasteiger partial charge in [-0.1, -0.05) is 84.9 Å². The monoisotopic (exact) mass is 762 g/mol. The maximum Gasteiger partial charge on any atom is 0.261 e. The van der Waals surface area contributed by atoms with Crippen molar-refractivity contribution in [2.75, 3.05) is 0 Å². The summed E-state index contributed by atoms with van der Waals surface area (Å²) in [6.07, 6.45) is 0. The summed E-state index contributed by atoms with van der Waals surface area (Å²) >= 11 is 3.16. The topological polar surface area (TPSA) is 74.8 Å². The van der Waals surface area contributed by atoms with Gasteiger partial charge in [-0.2, -0.15) is 0 Å². The lowest BCUT2D eigenvalue weighted by Gasteiger charge is -2.34. The lowest BCUT2D eigenvalue weighted by atomic mass is 9.78. The number of amides is 4. The Morgan fingerprint density at radius 1 is 0.393 bits per heavy atom. The van der Waals surface area contributed by atoms with Crippen LogP contribution in [-0.4, -0.2) is 33.4 Å². The van der Waals surface area contributed by atoms with E-state index in [9.17, 15) is 19.2 Å². The van der Waals surface area contributed by atoms with Gasteiger partial charge in [-0.3, -0.25) is 29.0 Å². The van der Waals surface area contributed by atoms with Crippen LogP contribution >= 0.6 is 22.7 Å². The molecule has 4 amide bonds. The van der Waals surface area contributed by atoms with Crippen LogP contribution in [0.2, 0.25) is 0 Å². The third kappa shape index (κ3) is 4.36. The van der Waals surface area contributed by atoms with Gasteiger partial charge in [0.15, 0.2) is 0 Å². The fourth-order valence-electron chi connectivity index (χ4n) is 9.22. The van der Waals surface area contributed by atoms with Gasteiger partial charge < -0.3 is 0 Å². The van der Waals surface area contributed by atoms with Crippen LogP contribution in [0.3, 0.4) is 0 Å². The third-order valence-electron chi connectivity index (χ3n) is 11.8. The van der Waals surface area contributed by atoms with E-state index in [-0.39, 0.29) is 23.6 Å². The second kappa shape index (κ2) is 12.0. The number of hydrogen-bond donors (Lipinski definition) is 0. The highest BCUT2D eigenvalue weighted by Gasteiger charge is 2.41. The summed E-state index contributed by atoms with van der Waals surface area (Å²) in [4.78, 5) is 63.5. The van der Waals surface area contributed by atoms with Crippen molar-refractivity contribution >= 4 is 89.4 Å².